The third-order valence-electron chi connectivity index (χ3n) is 3.37. The fourth-order valence-electron chi connectivity index (χ4n) is 2.24. The van der Waals surface area contributed by atoms with Crippen molar-refractivity contribution in [1.82, 2.24) is 15.1 Å². The molecule has 2 aromatic rings. The molecular weight excluding hydrogens is 266 g/mol. The zero-order valence-electron chi connectivity index (χ0n) is 12.6. The van der Waals surface area contributed by atoms with E-state index in [-0.39, 0.29) is 18.9 Å². The number of hydrogen-bond acceptors (Lipinski definition) is 3. The minimum absolute atomic E-state index is 0.102. The van der Waals surface area contributed by atoms with Crippen molar-refractivity contribution in [3.63, 3.8) is 0 Å². The van der Waals surface area contributed by atoms with Crippen LogP contribution in [-0.4, -0.2) is 33.4 Å². The van der Waals surface area contributed by atoms with Gasteiger partial charge in [-0.15, -0.1) is 0 Å². The van der Waals surface area contributed by atoms with Gasteiger partial charge >= 0.3 is 0 Å². The van der Waals surface area contributed by atoms with E-state index in [0.717, 1.165) is 22.6 Å². The molecule has 0 radical (unpaired) electrons. The van der Waals surface area contributed by atoms with Gasteiger partial charge in [-0.05, 0) is 32.9 Å². The molecule has 1 amide bonds. The second-order valence-electron chi connectivity index (χ2n) is 5.23. The zero-order chi connectivity index (χ0) is 15.4. The number of nitrogens with zero attached hydrogens (tertiary/aromatic N) is 2. The van der Waals surface area contributed by atoms with E-state index in [2.05, 4.69) is 10.4 Å². The molecule has 1 heterocycles. The predicted octanol–water partition coefficient (Wildman–Crippen LogP) is 1.53. The summed E-state index contributed by atoms with van der Waals surface area (Å²) in [7, 11) is 0. The second-order valence-corrected chi connectivity index (χ2v) is 5.23. The van der Waals surface area contributed by atoms with Crippen molar-refractivity contribution in [3.8, 4) is 5.69 Å². The van der Waals surface area contributed by atoms with E-state index in [1.165, 1.54) is 0 Å². The van der Waals surface area contributed by atoms with Crippen molar-refractivity contribution in [1.29, 1.82) is 0 Å². The van der Waals surface area contributed by atoms with Crippen LogP contribution in [0.1, 0.15) is 23.9 Å². The van der Waals surface area contributed by atoms with Crippen LogP contribution in [0.15, 0.2) is 30.3 Å². The summed E-state index contributed by atoms with van der Waals surface area (Å²) < 4.78 is 1.85. The van der Waals surface area contributed by atoms with Gasteiger partial charge in [0.2, 0.25) is 5.91 Å². The standard InChI is InChI=1S/C16H21N3O2/c1-11(20)10-17-16(21)9-15-12(2)18-19(13(15)3)14-7-5-4-6-8-14/h4-8,11,20H,9-10H2,1-3H3,(H,17,21). The number of carbonyl (C=O) groups is 1. The molecule has 0 spiro atoms. The Bertz CT molecular complexity index is 618. The van der Waals surface area contributed by atoms with Crippen LogP contribution in [0.4, 0.5) is 0 Å². The lowest BCUT2D eigenvalue weighted by Gasteiger charge is -2.08. The molecule has 1 atom stereocenters. The highest BCUT2D eigenvalue weighted by Gasteiger charge is 2.15. The largest absolute Gasteiger partial charge is 0.392 e. The lowest BCUT2D eigenvalue weighted by Crippen LogP contribution is -2.31. The van der Waals surface area contributed by atoms with Crippen molar-refractivity contribution in [3.05, 3.63) is 47.3 Å². The van der Waals surface area contributed by atoms with Gasteiger partial charge in [0.1, 0.15) is 0 Å². The lowest BCUT2D eigenvalue weighted by atomic mass is 10.1. The summed E-state index contributed by atoms with van der Waals surface area (Å²) in [6, 6.07) is 9.84. The maximum atomic E-state index is 11.9. The third kappa shape index (κ3) is 3.70. The Hall–Kier alpha value is -2.14. The van der Waals surface area contributed by atoms with Crippen LogP contribution in [-0.2, 0) is 11.2 Å². The van der Waals surface area contributed by atoms with Gasteiger partial charge in [0.05, 0.1) is 23.9 Å². The van der Waals surface area contributed by atoms with E-state index in [0.29, 0.717) is 0 Å². The van der Waals surface area contributed by atoms with Gasteiger partial charge in [0, 0.05) is 17.8 Å². The Morgan fingerprint density at radius 3 is 2.62 bits per heavy atom. The number of rotatable bonds is 5. The molecule has 112 valence electrons. The highest BCUT2D eigenvalue weighted by Crippen LogP contribution is 2.18. The van der Waals surface area contributed by atoms with Gasteiger partial charge in [0.15, 0.2) is 0 Å². The van der Waals surface area contributed by atoms with E-state index < -0.39 is 6.10 Å². The van der Waals surface area contributed by atoms with E-state index in [9.17, 15) is 9.90 Å². The predicted molar refractivity (Wildman–Crippen MR) is 81.4 cm³/mol. The number of amides is 1. The molecule has 1 unspecified atom stereocenters. The first-order valence-electron chi connectivity index (χ1n) is 7.04. The molecule has 2 rings (SSSR count). The van der Waals surface area contributed by atoms with Gasteiger partial charge in [-0.2, -0.15) is 5.10 Å². The fourth-order valence-corrected chi connectivity index (χ4v) is 2.24. The summed E-state index contributed by atoms with van der Waals surface area (Å²) in [6.07, 6.45) is -0.264. The average Bonchev–Trinajstić information content (AvgIpc) is 2.74. The summed E-state index contributed by atoms with van der Waals surface area (Å²) >= 11 is 0. The minimum atomic E-state index is -0.539. The average molecular weight is 287 g/mol. The van der Waals surface area contributed by atoms with Crippen LogP contribution in [0, 0.1) is 13.8 Å². The molecule has 0 saturated heterocycles. The number of nitrogens with one attached hydrogen (secondary N) is 1. The first-order valence-corrected chi connectivity index (χ1v) is 7.04. The Labute approximate surface area is 124 Å². The summed E-state index contributed by atoms with van der Waals surface area (Å²) in [4.78, 5) is 11.9. The molecule has 0 aliphatic rings. The highest BCUT2D eigenvalue weighted by atomic mass is 16.3. The van der Waals surface area contributed by atoms with Crippen LogP contribution in [0.2, 0.25) is 0 Å². The summed E-state index contributed by atoms with van der Waals surface area (Å²) in [5.74, 6) is -0.102. The Morgan fingerprint density at radius 2 is 2.00 bits per heavy atom. The van der Waals surface area contributed by atoms with Crippen LogP contribution in [0.3, 0.4) is 0 Å². The van der Waals surface area contributed by atoms with Gasteiger partial charge in [-0.25, -0.2) is 4.68 Å². The smallest absolute Gasteiger partial charge is 0.224 e. The summed E-state index contributed by atoms with van der Waals surface area (Å²) in [5, 5.41) is 16.4. The molecule has 2 N–H and O–H groups in total. The molecule has 5 heteroatoms. The van der Waals surface area contributed by atoms with Crippen molar-refractivity contribution in [2.75, 3.05) is 6.54 Å². The number of aliphatic hydroxyl groups is 1. The zero-order valence-corrected chi connectivity index (χ0v) is 12.6. The number of para-hydroxylation sites is 1. The molecule has 0 fully saturated rings. The van der Waals surface area contributed by atoms with E-state index in [1.807, 2.05) is 48.9 Å². The maximum Gasteiger partial charge on any atom is 0.224 e. The van der Waals surface area contributed by atoms with E-state index >= 15 is 0 Å². The normalized spacial score (nSPS) is 12.2. The molecule has 0 saturated carbocycles. The number of hydrogen-bond donors (Lipinski definition) is 2. The summed E-state index contributed by atoms with van der Waals surface area (Å²) in [6.45, 7) is 5.78. The third-order valence-corrected chi connectivity index (χ3v) is 3.37. The Balaban J connectivity index is 2.18. The number of aromatic nitrogens is 2. The van der Waals surface area contributed by atoms with Crippen molar-refractivity contribution < 1.29 is 9.90 Å². The van der Waals surface area contributed by atoms with Crippen molar-refractivity contribution in [2.45, 2.75) is 33.3 Å². The monoisotopic (exact) mass is 287 g/mol. The van der Waals surface area contributed by atoms with Crippen LogP contribution in [0.25, 0.3) is 5.69 Å². The van der Waals surface area contributed by atoms with Crippen molar-refractivity contribution in [2.24, 2.45) is 0 Å². The number of aryl methyl sites for hydroxylation is 1. The number of aliphatic hydroxyl groups excluding tert-OH is 1. The fraction of sp³-hybridized carbons (Fsp3) is 0.375. The minimum Gasteiger partial charge on any atom is -0.392 e. The first-order chi connectivity index (χ1) is 9.99. The molecule has 0 aliphatic carbocycles. The lowest BCUT2D eigenvalue weighted by molar-refractivity contribution is -0.120. The van der Waals surface area contributed by atoms with Gasteiger partial charge in [-0.3, -0.25) is 4.79 Å². The highest BCUT2D eigenvalue weighted by molar-refractivity contribution is 5.79. The number of carbonyl (C=O) groups excluding carboxylic acids is 1. The molecule has 0 bridgehead atoms. The van der Waals surface area contributed by atoms with Gasteiger partial charge in [-0.1, -0.05) is 18.2 Å². The SMILES string of the molecule is Cc1nn(-c2ccccc2)c(C)c1CC(=O)NCC(C)O. The number of benzene rings is 1. The molecule has 1 aromatic heterocycles. The van der Waals surface area contributed by atoms with Crippen molar-refractivity contribution >= 4 is 5.91 Å². The van der Waals surface area contributed by atoms with Crippen LogP contribution >= 0.6 is 0 Å². The molecule has 5 nitrogen and oxygen atoms in total. The van der Waals surface area contributed by atoms with Crippen LogP contribution < -0.4 is 5.32 Å². The van der Waals surface area contributed by atoms with Gasteiger partial charge in [0.25, 0.3) is 0 Å². The second kappa shape index (κ2) is 6.54. The quantitative estimate of drug-likeness (QED) is 0.876. The van der Waals surface area contributed by atoms with E-state index in [4.69, 9.17) is 0 Å². The summed E-state index contributed by atoms with van der Waals surface area (Å²) in [5.41, 5.74) is 3.73. The molecule has 21 heavy (non-hydrogen) atoms. The maximum absolute atomic E-state index is 11.9. The van der Waals surface area contributed by atoms with Crippen LogP contribution in [0.5, 0.6) is 0 Å². The molecule has 1 aromatic carbocycles. The first kappa shape index (κ1) is 15.3. The topological polar surface area (TPSA) is 67.2 Å². The van der Waals surface area contributed by atoms with E-state index in [1.54, 1.807) is 6.92 Å². The Kier molecular flexibility index (Phi) is 4.75. The molecular formula is C16H21N3O2. The molecule has 0 aliphatic heterocycles. The Morgan fingerprint density at radius 1 is 1.33 bits per heavy atom. The van der Waals surface area contributed by atoms with Gasteiger partial charge < -0.3 is 10.4 Å².